The molecule has 0 bridgehead atoms. The van der Waals surface area contributed by atoms with E-state index in [0.717, 1.165) is 23.7 Å². The second-order valence-corrected chi connectivity index (χ2v) is 8.27. The van der Waals surface area contributed by atoms with Crippen LogP contribution in [0.25, 0.3) is 0 Å². The first-order valence-corrected chi connectivity index (χ1v) is 10.3. The number of rotatable bonds is 7. The lowest BCUT2D eigenvalue weighted by molar-refractivity contribution is -0.119. The molecule has 1 amide bonds. The third-order valence-electron chi connectivity index (χ3n) is 4.05. The number of carbonyl (C=O) groups excluding carboxylic acids is 1. The van der Waals surface area contributed by atoms with Gasteiger partial charge in [0.15, 0.2) is 0 Å². The lowest BCUT2D eigenvalue weighted by atomic mass is 10.2. The summed E-state index contributed by atoms with van der Waals surface area (Å²) in [5.74, 6) is -0.349. The number of amides is 1. The molecule has 0 saturated carbocycles. The first kappa shape index (κ1) is 20.0. The Hall–Kier alpha value is -1.35. The highest BCUT2D eigenvalue weighted by Gasteiger charge is 2.23. The highest BCUT2D eigenvalue weighted by molar-refractivity contribution is 7.92. The van der Waals surface area contributed by atoms with Gasteiger partial charge in [-0.3, -0.25) is 14.0 Å². The van der Waals surface area contributed by atoms with Gasteiger partial charge in [-0.2, -0.15) is 0 Å². The Bertz CT molecular complexity index is 705. The number of morpholine rings is 1. The fourth-order valence-electron chi connectivity index (χ4n) is 2.61. The summed E-state index contributed by atoms with van der Waals surface area (Å²) in [4.78, 5) is 14.4. The molecule has 0 aromatic heterocycles. The highest BCUT2D eigenvalue weighted by Crippen LogP contribution is 2.27. The molecule has 0 spiro atoms. The molecule has 1 fully saturated rings. The number of ether oxygens (including phenoxy) is 1. The summed E-state index contributed by atoms with van der Waals surface area (Å²) in [6.07, 6.45) is 1.08. The van der Waals surface area contributed by atoms with Crippen molar-refractivity contribution in [1.82, 2.24) is 10.2 Å². The molecule has 9 heteroatoms. The Morgan fingerprint density at radius 3 is 2.68 bits per heavy atom. The molecule has 1 aliphatic rings. The van der Waals surface area contributed by atoms with Gasteiger partial charge in [-0.1, -0.05) is 17.7 Å². The molecule has 0 radical (unpaired) electrons. The average Bonchev–Trinajstić information content (AvgIpc) is 2.55. The quantitative estimate of drug-likeness (QED) is 0.748. The van der Waals surface area contributed by atoms with Crippen LogP contribution in [0.2, 0.25) is 5.02 Å². The minimum atomic E-state index is -3.61. The zero-order valence-corrected chi connectivity index (χ0v) is 16.1. The van der Waals surface area contributed by atoms with Crippen molar-refractivity contribution >= 4 is 33.2 Å². The molecule has 140 valence electrons. The van der Waals surface area contributed by atoms with E-state index < -0.39 is 10.0 Å². The number of sulfonamides is 1. The number of carbonyl (C=O) groups is 1. The molecule has 0 unspecified atom stereocenters. The fraction of sp³-hybridized carbons (Fsp3) is 0.562. The van der Waals surface area contributed by atoms with E-state index in [1.54, 1.807) is 25.1 Å². The van der Waals surface area contributed by atoms with Crippen molar-refractivity contribution in [2.45, 2.75) is 6.92 Å². The van der Waals surface area contributed by atoms with Crippen LogP contribution in [0.4, 0.5) is 5.69 Å². The number of nitrogens with one attached hydrogen (secondary N) is 1. The van der Waals surface area contributed by atoms with E-state index in [-0.39, 0.29) is 12.5 Å². The van der Waals surface area contributed by atoms with Gasteiger partial charge in [-0.15, -0.1) is 0 Å². The molecular weight excluding hydrogens is 366 g/mol. The summed E-state index contributed by atoms with van der Waals surface area (Å²) in [6, 6.07) is 4.99. The Kier molecular flexibility index (Phi) is 7.06. The van der Waals surface area contributed by atoms with Crippen LogP contribution < -0.4 is 9.62 Å². The lowest BCUT2D eigenvalue weighted by Crippen LogP contribution is -2.44. The van der Waals surface area contributed by atoms with E-state index in [1.165, 1.54) is 0 Å². The first-order chi connectivity index (χ1) is 11.8. The van der Waals surface area contributed by atoms with Gasteiger partial charge >= 0.3 is 0 Å². The molecule has 1 aromatic carbocycles. The molecule has 0 atom stereocenters. The van der Waals surface area contributed by atoms with E-state index in [1.807, 2.05) is 0 Å². The maximum absolute atomic E-state index is 12.2. The van der Waals surface area contributed by atoms with Crippen LogP contribution in [0.3, 0.4) is 0 Å². The van der Waals surface area contributed by atoms with Gasteiger partial charge < -0.3 is 10.1 Å². The van der Waals surface area contributed by atoms with Gasteiger partial charge in [0.1, 0.15) is 6.54 Å². The largest absolute Gasteiger partial charge is 0.379 e. The van der Waals surface area contributed by atoms with Crippen molar-refractivity contribution in [3.05, 3.63) is 28.8 Å². The third kappa shape index (κ3) is 5.85. The highest BCUT2D eigenvalue weighted by atomic mass is 35.5. The van der Waals surface area contributed by atoms with Crippen LogP contribution in [-0.4, -0.2) is 71.4 Å². The summed E-state index contributed by atoms with van der Waals surface area (Å²) in [7, 11) is -3.61. The Morgan fingerprint density at radius 2 is 2.04 bits per heavy atom. The molecule has 2 rings (SSSR count). The monoisotopic (exact) mass is 389 g/mol. The molecule has 0 aliphatic carbocycles. The normalized spacial score (nSPS) is 15.8. The number of benzene rings is 1. The Balaban J connectivity index is 1.97. The van der Waals surface area contributed by atoms with Crippen molar-refractivity contribution < 1.29 is 17.9 Å². The number of nitrogens with zero attached hydrogens (tertiary/aromatic N) is 2. The average molecular weight is 390 g/mol. The summed E-state index contributed by atoms with van der Waals surface area (Å²) in [5.41, 5.74) is 1.04. The second kappa shape index (κ2) is 8.84. The Labute approximate surface area is 153 Å². The van der Waals surface area contributed by atoms with Crippen LogP contribution in [0.15, 0.2) is 18.2 Å². The molecule has 1 aromatic rings. The zero-order chi connectivity index (χ0) is 18.4. The molecule has 1 saturated heterocycles. The van der Waals surface area contributed by atoms with Crippen LogP contribution in [0.1, 0.15) is 5.56 Å². The van der Waals surface area contributed by atoms with Crippen molar-refractivity contribution in [2.24, 2.45) is 0 Å². The summed E-state index contributed by atoms with van der Waals surface area (Å²) >= 11 is 6.08. The standard InChI is InChI=1S/C16H24ClN3O4S/c1-13-14(17)4-3-5-15(13)20(25(2,22)23)12-16(21)18-6-7-19-8-10-24-11-9-19/h3-5H,6-12H2,1-2H3,(H,18,21). The Morgan fingerprint density at radius 1 is 1.36 bits per heavy atom. The number of anilines is 1. The first-order valence-electron chi connectivity index (χ1n) is 8.08. The van der Waals surface area contributed by atoms with Crippen molar-refractivity contribution in [1.29, 1.82) is 0 Å². The number of hydrogen-bond acceptors (Lipinski definition) is 5. The maximum atomic E-state index is 12.2. The summed E-state index contributed by atoms with van der Waals surface area (Å²) < 4.78 is 30.6. The van der Waals surface area contributed by atoms with E-state index >= 15 is 0 Å². The minimum Gasteiger partial charge on any atom is -0.379 e. The van der Waals surface area contributed by atoms with Crippen LogP contribution in [0.5, 0.6) is 0 Å². The maximum Gasteiger partial charge on any atom is 0.240 e. The summed E-state index contributed by atoms with van der Waals surface area (Å²) in [6.45, 7) is 5.71. The molecule has 7 nitrogen and oxygen atoms in total. The van der Waals surface area contributed by atoms with E-state index in [4.69, 9.17) is 16.3 Å². The molecular formula is C16H24ClN3O4S. The van der Waals surface area contributed by atoms with Gasteiger partial charge in [0.2, 0.25) is 15.9 Å². The SMILES string of the molecule is Cc1c(Cl)cccc1N(CC(=O)NCCN1CCOCC1)S(C)(=O)=O. The lowest BCUT2D eigenvalue weighted by Gasteiger charge is -2.27. The number of hydrogen-bond donors (Lipinski definition) is 1. The predicted octanol–water partition coefficient (Wildman–Crippen LogP) is 0.863. The topological polar surface area (TPSA) is 79.0 Å². The molecule has 1 N–H and O–H groups in total. The minimum absolute atomic E-state index is 0.275. The van der Waals surface area contributed by atoms with Crippen LogP contribution in [-0.2, 0) is 19.6 Å². The molecule has 1 heterocycles. The van der Waals surface area contributed by atoms with Gasteiger partial charge in [-0.25, -0.2) is 8.42 Å². The third-order valence-corrected chi connectivity index (χ3v) is 5.59. The van der Waals surface area contributed by atoms with Gasteiger partial charge in [0.25, 0.3) is 0 Å². The van der Waals surface area contributed by atoms with Crippen LogP contribution >= 0.6 is 11.6 Å². The van der Waals surface area contributed by atoms with E-state index in [9.17, 15) is 13.2 Å². The van der Waals surface area contributed by atoms with Gasteiger partial charge in [-0.05, 0) is 24.6 Å². The van der Waals surface area contributed by atoms with E-state index in [0.29, 0.717) is 42.6 Å². The second-order valence-electron chi connectivity index (χ2n) is 5.96. The van der Waals surface area contributed by atoms with Crippen molar-refractivity contribution in [3.8, 4) is 0 Å². The predicted molar refractivity (Wildman–Crippen MR) is 98.6 cm³/mol. The fourth-order valence-corrected chi connectivity index (χ4v) is 3.69. The summed E-state index contributed by atoms with van der Waals surface area (Å²) in [5, 5.41) is 3.23. The zero-order valence-electron chi connectivity index (χ0n) is 14.5. The van der Waals surface area contributed by atoms with Crippen molar-refractivity contribution in [3.63, 3.8) is 0 Å². The van der Waals surface area contributed by atoms with E-state index in [2.05, 4.69) is 10.2 Å². The van der Waals surface area contributed by atoms with Gasteiger partial charge in [0, 0.05) is 31.2 Å². The smallest absolute Gasteiger partial charge is 0.240 e. The van der Waals surface area contributed by atoms with Crippen LogP contribution in [0, 0.1) is 6.92 Å². The number of halogens is 1. The van der Waals surface area contributed by atoms with Gasteiger partial charge in [0.05, 0.1) is 25.2 Å². The molecule has 1 aliphatic heterocycles. The van der Waals surface area contributed by atoms with Crippen molar-refractivity contribution in [2.75, 3.05) is 56.5 Å². The molecule has 25 heavy (non-hydrogen) atoms.